The number of carbonyl (C=O) groups is 19. The van der Waals surface area contributed by atoms with E-state index in [0.29, 0.717) is 40.1 Å². The minimum atomic E-state index is -2.29. The van der Waals surface area contributed by atoms with Crippen LogP contribution in [0.15, 0.2) is 30.5 Å². The number of primary amides is 1. The van der Waals surface area contributed by atoms with Gasteiger partial charge in [-0.2, -0.15) is 0 Å². The number of para-hydroxylation sites is 1. The van der Waals surface area contributed by atoms with Crippen LogP contribution >= 0.6 is 0 Å². The number of H-pyrrole nitrogens is 1. The molecule has 40 heteroatoms. The van der Waals surface area contributed by atoms with Gasteiger partial charge in [0.25, 0.3) is 0 Å². The van der Waals surface area contributed by atoms with Gasteiger partial charge in [-0.05, 0) is 57.1 Å². The first-order valence-corrected chi connectivity index (χ1v) is 34.6. The number of unbranched alkanes of at least 4 members (excludes halogenated alkanes) is 3. The number of nitrogens with two attached hydrogens (primary N) is 1. The number of cyclic esters (lactones) is 1. The number of aromatic nitrogens is 1. The maximum Gasteiger partial charge on any atom is 0.329 e. The Morgan fingerprint density at radius 3 is 1.74 bits per heavy atom. The number of hydrogen-bond acceptors (Lipinski definition) is 21. The summed E-state index contributed by atoms with van der Waals surface area (Å²) >= 11 is 0. The highest BCUT2D eigenvalue weighted by molar-refractivity contribution is 6.02. The summed E-state index contributed by atoms with van der Waals surface area (Å²) in [6.45, 7) is 6.75. The predicted molar refractivity (Wildman–Crippen MR) is 372 cm³/mol. The Labute approximate surface area is 614 Å². The molecule has 1 saturated heterocycles. The number of likely N-dealkylation sites (N-methyl/N-ethyl adjacent to an activating group) is 1. The van der Waals surface area contributed by atoms with Crippen molar-refractivity contribution >= 4 is 123 Å². The highest BCUT2D eigenvalue weighted by Crippen LogP contribution is 2.21. The SMILES string of the molecule is CCC(C)CCCCCCC(=O)NC(Cc1c[nH]c2ccccc12)C(=O)NC(CC(N)=O)C(=O)NC(CC(=O)O)C(=O)NC1C(=O)N(C)CC(=O)NC(C)C(=O)NC(CC(=O)O)C(=O)NC(C)C(=O)NC(CC(=O)O)C(=O)NCC(=O)NC(CO)C(=O)NC(CCC(=O)O)C(=O)NC(C(C)CC)C(=O)OC1C. The van der Waals surface area contributed by atoms with Gasteiger partial charge in [0.1, 0.15) is 72.6 Å². The lowest BCUT2D eigenvalue weighted by Gasteiger charge is -2.32. The number of amides is 14. The number of nitrogens with zero attached hydrogens (tertiary/aromatic N) is 1. The van der Waals surface area contributed by atoms with Crippen LogP contribution in [0.2, 0.25) is 0 Å². The molecule has 1 aromatic heterocycles. The lowest BCUT2D eigenvalue weighted by atomic mass is 9.98. The van der Waals surface area contributed by atoms with E-state index in [-0.39, 0.29) is 19.3 Å². The van der Waals surface area contributed by atoms with E-state index >= 15 is 0 Å². The minimum absolute atomic E-state index is 0.00359. The number of ether oxygens (including phenoxy) is 1. The summed E-state index contributed by atoms with van der Waals surface area (Å²) in [6.07, 6.45) is -1.80. The average molecular weight is 1510 g/mol. The Morgan fingerprint density at radius 1 is 0.598 bits per heavy atom. The molecule has 2 heterocycles. The van der Waals surface area contributed by atoms with Crippen LogP contribution < -0.4 is 69.5 Å². The Bertz CT molecular complexity index is 3570. The molecule has 14 atom stereocenters. The Kier molecular flexibility index (Phi) is 37.3. The van der Waals surface area contributed by atoms with E-state index in [2.05, 4.69) is 66.7 Å². The molecule has 592 valence electrons. The molecule has 14 amide bonds. The number of rotatable bonds is 31. The van der Waals surface area contributed by atoms with E-state index in [4.69, 9.17) is 10.5 Å². The average Bonchev–Trinajstić information content (AvgIpc) is 1.64. The summed E-state index contributed by atoms with van der Waals surface area (Å²) in [4.78, 5) is 259. The molecule has 1 aromatic carbocycles. The molecule has 0 aliphatic carbocycles. The van der Waals surface area contributed by atoms with Crippen molar-refractivity contribution in [1.29, 1.82) is 0 Å². The topological polar surface area (TPSA) is 624 Å². The van der Waals surface area contributed by atoms with Crippen LogP contribution in [0.3, 0.4) is 0 Å². The van der Waals surface area contributed by atoms with Gasteiger partial charge in [-0.15, -0.1) is 0 Å². The largest absolute Gasteiger partial charge is 0.481 e. The molecule has 0 bridgehead atoms. The molecule has 0 saturated carbocycles. The number of aromatic amines is 1. The van der Waals surface area contributed by atoms with Crippen molar-refractivity contribution in [2.75, 3.05) is 26.7 Å². The van der Waals surface area contributed by atoms with Gasteiger partial charge in [0.05, 0.1) is 45.4 Å². The number of aliphatic hydroxyl groups excluding tert-OH is 1. The molecule has 1 aliphatic rings. The number of aliphatic carboxylic acids is 4. The van der Waals surface area contributed by atoms with Crippen molar-refractivity contribution in [2.45, 2.75) is 217 Å². The molecule has 107 heavy (non-hydrogen) atoms. The predicted octanol–water partition coefficient (Wildman–Crippen LogP) is -4.81. The smallest absolute Gasteiger partial charge is 0.329 e. The summed E-state index contributed by atoms with van der Waals surface area (Å²) in [6, 6.07) is -14.3. The summed E-state index contributed by atoms with van der Waals surface area (Å²) in [5.41, 5.74) is 6.78. The van der Waals surface area contributed by atoms with Crippen LogP contribution in [0.25, 0.3) is 10.9 Å². The molecular formula is C67H99N15O25. The molecule has 1 fully saturated rings. The van der Waals surface area contributed by atoms with E-state index in [9.17, 15) is 117 Å². The normalized spacial score (nSPS) is 22.4. The third kappa shape index (κ3) is 31.1. The van der Waals surface area contributed by atoms with Crippen molar-refractivity contribution < 1.29 is 121 Å². The van der Waals surface area contributed by atoms with E-state index in [1.165, 1.54) is 13.8 Å². The Morgan fingerprint density at radius 2 is 1.16 bits per heavy atom. The zero-order valence-corrected chi connectivity index (χ0v) is 60.6. The Balaban J connectivity index is 2.16. The fourth-order valence-electron chi connectivity index (χ4n) is 10.7. The van der Waals surface area contributed by atoms with Gasteiger partial charge < -0.3 is 110 Å². The molecule has 3 rings (SSSR count). The van der Waals surface area contributed by atoms with Crippen molar-refractivity contribution in [3.8, 4) is 0 Å². The third-order valence-corrected chi connectivity index (χ3v) is 17.3. The summed E-state index contributed by atoms with van der Waals surface area (Å²) in [7, 11) is 0.935. The van der Waals surface area contributed by atoms with E-state index < -0.39 is 249 Å². The van der Waals surface area contributed by atoms with Crippen LogP contribution in [0.5, 0.6) is 0 Å². The first-order chi connectivity index (χ1) is 50.3. The second-order valence-corrected chi connectivity index (χ2v) is 26.1. The summed E-state index contributed by atoms with van der Waals surface area (Å²) < 4.78 is 5.73. The minimum Gasteiger partial charge on any atom is -0.481 e. The van der Waals surface area contributed by atoms with Crippen molar-refractivity contribution in [3.63, 3.8) is 0 Å². The van der Waals surface area contributed by atoms with Crippen molar-refractivity contribution in [2.24, 2.45) is 17.6 Å². The van der Waals surface area contributed by atoms with E-state index in [0.717, 1.165) is 53.5 Å². The van der Waals surface area contributed by atoms with Crippen LogP contribution in [0.4, 0.5) is 0 Å². The van der Waals surface area contributed by atoms with Crippen LogP contribution in [0, 0.1) is 11.8 Å². The maximum absolute atomic E-state index is 14.8. The molecule has 14 unspecified atom stereocenters. The number of carboxylic acids is 4. The van der Waals surface area contributed by atoms with Gasteiger partial charge in [0, 0.05) is 43.4 Å². The monoisotopic (exact) mass is 1510 g/mol. The van der Waals surface area contributed by atoms with Crippen LogP contribution in [-0.4, -0.2) is 247 Å². The number of carboxylic acid groups (broad SMARTS) is 4. The second kappa shape index (κ2) is 44.5. The first-order valence-electron chi connectivity index (χ1n) is 34.6. The summed E-state index contributed by atoms with van der Waals surface area (Å²) in [5.74, 6) is -26.1. The quantitative estimate of drug-likeness (QED) is 0.0249. The fraction of sp³-hybridized carbons (Fsp3) is 0.597. The molecule has 0 spiro atoms. The van der Waals surface area contributed by atoms with E-state index in [1.807, 2.05) is 16.0 Å². The van der Waals surface area contributed by atoms with Gasteiger partial charge in [0.2, 0.25) is 82.7 Å². The number of nitrogens with one attached hydrogen (secondary N) is 13. The van der Waals surface area contributed by atoms with Gasteiger partial charge in [0.15, 0.2) is 0 Å². The molecule has 40 nitrogen and oxygen atoms in total. The second-order valence-electron chi connectivity index (χ2n) is 26.1. The van der Waals surface area contributed by atoms with E-state index in [1.54, 1.807) is 30.5 Å². The zero-order valence-electron chi connectivity index (χ0n) is 60.6. The zero-order chi connectivity index (χ0) is 80.5. The lowest BCUT2D eigenvalue weighted by molar-refractivity contribution is -0.159. The maximum atomic E-state index is 14.8. The number of benzene rings is 1. The molecular weight excluding hydrogens is 1410 g/mol. The first kappa shape index (κ1) is 89.9. The Hall–Kier alpha value is -11.3. The number of esters is 1. The molecule has 1 aliphatic heterocycles. The number of aliphatic hydroxyl groups is 1. The third-order valence-electron chi connectivity index (χ3n) is 17.3. The molecule has 0 radical (unpaired) electrons. The number of carbonyl (C=O) groups excluding carboxylic acids is 15. The molecule has 2 aromatic rings. The summed E-state index contributed by atoms with van der Waals surface area (Å²) in [5, 5.41) is 76.2. The molecule has 20 N–H and O–H groups in total. The van der Waals surface area contributed by atoms with Crippen LogP contribution in [0.1, 0.15) is 144 Å². The highest BCUT2D eigenvalue weighted by atomic mass is 16.5. The fourth-order valence-corrected chi connectivity index (χ4v) is 10.7. The lowest BCUT2D eigenvalue weighted by Crippen LogP contribution is -2.62. The van der Waals surface area contributed by atoms with Gasteiger partial charge in [-0.3, -0.25) is 86.3 Å². The number of hydrogen-bond donors (Lipinski definition) is 19. The van der Waals surface area contributed by atoms with Gasteiger partial charge in [-0.25, -0.2) is 4.79 Å². The van der Waals surface area contributed by atoms with Crippen molar-refractivity contribution in [1.82, 2.24) is 73.7 Å². The van der Waals surface area contributed by atoms with Crippen LogP contribution in [-0.2, 0) is 102 Å². The van der Waals surface area contributed by atoms with Gasteiger partial charge >= 0.3 is 29.8 Å². The highest BCUT2D eigenvalue weighted by Gasteiger charge is 2.41. The van der Waals surface area contributed by atoms with Crippen molar-refractivity contribution in [3.05, 3.63) is 36.0 Å². The standard InChI is InChI=1S/C67H99N15O25/c1-9-32(3)17-13-11-12-14-20-48(85)73-41(23-37-28-69-39-19-16-15-18-38(37)39)62(101)78-42(24-47(68)84)63(102)79-45(27-54(94)95)64(103)81-56-36(7)107-67(106)55(33(4)10-2)80-60(99)40(21-22-51(88)89)75-65(104)46(31-83)74-49(86)29-70-59(98)43(25-52(90)91)76-58(97)35(6)72-61(100)44(26-53(92)93)77-57(96)34(5)71-50(87)30-82(8)66(56)105/h15-16,18-19,28,32-36,40-46,55-56,69,83H,9-14,17,20-27,29-31H2,1-8H3,(H2,68,84)(H,70,98)(H,71,87)(H,72,100)(H,73,85)(H,74,86)(H,75,104)(H,76,97)(H,77,96)(H,78,101)(H,79,102)(H,80,99)(H,81,103)(H,88,89)(H,90,91)(H,92,93)(H,94,95). The van der Waals surface area contributed by atoms with Gasteiger partial charge in [-0.1, -0.05) is 84.4 Å². The number of fused-ring (bicyclic) bond motifs is 1.